The van der Waals surface area contributed by atoms with Crippen LogP contribution in [0.2, 0.25) is 0 Å². The van der Waals surface area contributed by atoms with Crippen LogP contribution >= 0.6 is 11.8 Å². The number of benzene rings is 2. The Morgan fingerprint density at radius 3 is 2.33 bits per heavy atom. The van der Waals surface area contributed by atoms with Crippen molar-refractivity contribution in [2.45, 2.75) is 50.6 Å². The SMILES string of the molecule is C.COc1ccc([C@@H]2Sc3cc(C(=O)OC(C)C)ccc3N(CCN(C)C)C(=O)[C@@H]2OC(C)=O)cc1. The van der Waals surface area contributed by atoms with Crippen molar-refractivity contribution in [2.24, 2.45) is 0 Å². The fourth-order valence-corrected chi connectivity index (χ4v) is 5.06. The highest BCUT2D eigenvalue weighted by atomic mass is 32.2. The summed E-state index contributed by atoms with van der Waals surface area (Å²) in [5.74, 6) is -0.611. The summed E-state index contributed by atoms with van der Waals surface area (Å²) < 4.78 is 16.3. The van der Waals surface area contributed by atoms with Gasteiger partial charge < -0.3 is 24.0 Å². The number of rotatable bonds is 8. The topological polar surface area (TPSA) is 85.4 Å². The number of likely N-dealkylation sites (N-methyl/N-ethyl adjacent to an activating group) is 1. The number of hydrogen-bond acceptors (Lipinski definition) is 8. The second-order valence-corrected chi connectivity index (χ2v) is 9.95. The third-order valence-corrected chi connectivity index (χ3v) is 6.73. The second kappa shape index (κ2) is 12.8. The summed E-state index contributed by atoms with van der Waals surface area (Å²) in [6, 6.07) is 12.5. The second-order valence-electron chi connectivity index (χ2n) is 8.77. The van der Waals surface area contributed by atoms with Gasteiger partial charge in [-0.25, -0.2) is 4.79 Å². The van der Waals surface area contributed by atoms with Crippen molar-refractivity contribution in [3.8, 4) is 5.75 Å². The number of carbonyl (C=O) groups excluding carboxylic acids is 3. The minimum atomic E-state index is -1.05. The van der Waals surface area contributed by atoms with Crippen LogP contribution in [0, 0.1) is 0 Å². The number of carbonyl (C=O) groups is 3. The number of ether oxygens (including phenoxy) is 3. The zero-order chi connectivity index (χ0) is 25.7. The van der Waals surface area contributed by atoms with Crippen molar-refractivity contribution in [3.63, 3.8) is 0 Å². The number of nitrogens with zero attached hydrogens (tertiary/aromatic N) is 2. The molecule has 1 amide bonds. The average molecular weight is 517 g/mol. The monoisotopic (exact) mass is 516 g/mol. The number of amides is 1. The van der Waals surface area contributed by atoms with E-state index in [1.54, 1.807) is 56.2 Å². The zero-order valence-corrected chi connectivity index (χ0v) is 21.8. The first-order valence-electron chi connectivity index (χ1n) is 11.4. The summed E-state index contributed by atoms with van der Waals surface area (Å²) >= 11 is 1.38. The van der Waals surface area contributed by atoms with Gasteiger partial charge in [0.05, 0.1) is 29.7 Å². The molecule has 1 aliphatic rings. The molecule has 9 heteroatoms. The van der Waals surface area contributed by atoms with Crippen molar-refractivity contribution in [1.29, 1.82) is 0 Å². The third kappa shape index (κ3) is 7.01. The van der Waals surface area contributed by atoms with Crippen LogP contribution in [-0.2, 0) is 19.1 Å². The van der Waals surface area contributed by atoms with Gasteiger partial charge >= 0.3 is 11.9 Å². The van der Waals surface area contributed by atoms with E-state index >= 15 is 0 Å². The van der Waals surface area contributed by atoms with Crippen LogP contribution in [0.3, 0.4) is 0 Å². The van der Waals surface area contributed by atoms with Crippen molar-refractivity contribution >= 4 is 35.3 Å². The van der Waals surface area contributed by atoms with E-state index in [0.29, 0.717) is 30.1 Å². The maximum Gasteiger partial charge on any atom is 0.338 e. The van der Waals surface area contributed by atoms with Gasteiger partial charge in [-0.15, -0.1) is 11.8 Å². The molecule has 0 radical (unpaired) electrons. The largest absolute Gasteiger partial charge is 0.497 e. The average Bonchev–Trinajstić information content (AvgIpc) is 2.91. The Hall–Kier alpha value is -3.04. The molecule has 0 N–H and O–H groups in total. The van der Waals surface area contributed by atoms with Crippen LogP contribution < -0.4 is 9.64 Å². The minimum absolute atomic E-state index is 0. The van der Waals surface area contributed by atoms with Crippen LogP contribution in [-0.4, -0.2) is 69.2 Å². The zero-order valence-electron chi connectivity index (χ0n) is 20.9. The van der Waals surface area contributed by atoms with Crippen molar-refractivity contribution in [3.05, 3.63) is 53.6 Å². The third-order valence-electron chi connectivity index (χ3n) is 5.38. The standard InChI is InChI=1S/C26H32N2O6S.CH4/c1-16(2)33-26(31)19-9-12-21-22(15-19)35-24(18-7-10-20(32-6)11-8-18)23(34-17(3)29)25(30)28(21)14-13-27(4)5;/h7-12,15-16,23-24H,13-14H2,1-6H3;1H4/t23-,24+;/m1./s1. The predicted octanol–water partition coefficient (Wildman–Crippen LogP) is 4.57. The van der Waals surface area contributed by atoms with Crippen LogP contribution in [0.5, 0.6) is 5.75 Å². The molecule has 196 valence electrons. The number of esters is 2. The van der Waals surface area contributed by atoms with E-state index in [2.05, 4.69) is 0 Å². The Labute approximate surface area is 217 Å². The van der Waals surface area contributed by atoms with Gasteiger partial charge in [-0.05, 0) is 63.8 Å². The number of hydrogen-bond donors (Lipinski definition) is 0. The molecule has 0 aromatic heterocycles. The summed E-state index contributed by atoms with van der Waals surface area (Å²) in [5.41, 5.74) is 1.85. The maximum atomic E-state index is 13.8. The van der Waals surface area contributed by atoms with Gasteiger partial charge in [-0.3, -0.25) is 9.59 Å². The molecule has 0 bridgehead atoms. The quantitative estimate of drug-likeness (QED) is 0.472. The molecule has 0 saturated carbocycles. The molecule has 2 atom stereocenters. The smallest absolute Gasteiger partial charge is 0.338 e. The van der Waals surface area contributed by atoms with E-state index in [4.69, 9.17) is 14.2 Å². The summed E-state index contributed by atoms with van der Waals surface area (Å²) in [6.45, 7) is 5.88. The van der Waals surface area contributed by atoms with E-state index < -0.39 is 23.3 Å². The van der Waals surface area contributed by atoms with E-state index in [0.717, 1.165) is 10.5 Å². The van der Waals surface area contributed by atoms with E-state index in [9.17, 15) is 14.4 Å². The van der Waals surface area contributed by atoms with Crippen molar-refractivity contribution < 1.29 is 28.6 Å². The minimum Gasteiger partial charge on any atom is -0.497 e. The highest BCUT2D eigenvalue weighted by Crippen LogP contribution is 2.47. The van der Waals surface area contributed by atoms with Gasteiger partial charge in [0.15, 0.2) is 6.10 Å². The number of anilines is 1. The summed E-state index contributed by atoms with van der Waals surface area (Å²) in [4.78, 5) is 42.8. The lowest BCUT2D eigenvalue weighted by Gasteiger charge is -2.28. The summed E-state index contributed by atoms with van der Waals surface area (Å²) in [5, 5.41) is -0.531. The highest BCUT2D eigenvalue weighted by molar-refractivity contribution is 7.99. The molecule has 0 unspecified atom stereocenters. The molecule has 36 heavy (non-hydrogen) atoms. The molecular formula is C27H36N2O6S. The molecule has 1 heterocycles. The lowest BCUT2D eigenvalue weighted by atomic mass is 10.1. The fourth-order valence-electron chi connectivity index (χ4n) is 3.70. The Balaban J connectivity index is 0.00000456. The van der Waals surface area contributed by atoms with Crippen LogP contribution in [0.1, 0.15) is 49.4 Å². The molecule has 2 aromatic rings. The Bertz CT molecular complexity index is 1070. The molecule has 0 aliphatic carbocycles. The predicted molar refractivity (Wildman–Crippen MR) is 142 cm³/mol. The van der Waals surface area contributed by atoms with Crippen LogP contribution in [0.25, 0.3) is 0 Å². The Kier molecular flexibility index (Phi) is 10.4. The Morgan fingerprint density at radius 1 is 1.11 bits per heavy atom. The van der Waals surface area contributed by atoms with E-state index in [1.165, 1.54) is 18.7 Å². The first kappa shape index (κ1) is 29.2. The molecule has 3 rings (SSSR count). The molecule has 0 saturated heterocycles. The normalized spacial score (nSPS) is 17.2. The fraction of sp³-hybridized carbons (Fsp3) is 0.444. The molecule has 1 aliphatic heterocycles. The molecule has 0 spiro atoms. The lowest BCUT2D eigenvalue weighted by Crippen LogP contribution is -2.45. The van der Waals surface area contributed by atoms with Crippen molar-refractivity contribution in [2.75, 3.05) is 39.2 Å². The first-order chi connectivity index (χ1) is 16.6. The van der Waals surface area contributed by atoms with Crippen LogP contribution in [0.15, 0.2) is 47.4 Å². The summed E-state index contributed by atoms with van der Waals surface area (Å²) in [7, 11) is 5.43. The number of methoxy groups -OCH3 is 1. The number of fused-ring (bicyclic) bond motifs is 1. The van der Waals surface area contributed by atoms with E-state index in [-0.39, 0.29) is 19.4 Å². The van der Waals surface area contributed by atoms with Gasteiger partial charge in [0, 0.05) is 24.9 Å². The highest BCUT2D eigenvalue weighted by Gasteiger charge is 2.41. The lowest BCUT2D eigenvalue weighted by molar-refractivity contribution is -0.152. The molecular weight excluding hydrogens is 480 g/mol. The number of thioether (sulfide) groups is 1. The molecule has 8 nitrogen and oxygen atoms in total. The summed E-state index contributed by atoms with van der Waals surface area (Å²) in [6.07, 6.45) is -1.31. The van der Waals surface area contributed by atoms with Crippen LogP contribution in [0.4, 0.5) is 5.69 Å². The Morgan fingerprint density at radius 2 is 1.78 bits per heavy atom. The maximum absolute atomic E-state index is 13.8. The van der Waals surface area contributed by atoms with E-state index in [1.807, 2.05) is 31.1 Å². The van der Waals surface area contributed by atoms with Gasteiger partial charge in [0.25, 0.3) is 5.91 Å². The van der Waals surface area contributed by atoms with Gasteiger partial charge in [-0.1, -0.05) is 19.6 Å². The molecule has 0 fully saturated rings. The molecule has 2 aromatic carbocycles. The first-order valence-corrected chi connectivity index (χ1v) is 12.3. The van der Waals surface area contributed by atoms with Gasteiger partial charge in [0.1, 0.15) is 5.75 Å². The van der Waals surface area contributed by atoms with Crippen molar-refractivity contribution in [1.82, 2.24) is 4.90 Å². The van der Waals surface area contributed by atoms with Gasteiger partial charge in [0.2, 0.25) is 0 Å². The van der Waals surface area contributed by atoms with Gasteiger partial charge in [-0.2, -0.15) is 0 Å².